The number of nitrogen functional groups attached to an aromatic ring is 2. The van der Waals surface area contributed by atoms with Crippen LogP contribution in [0.5, 0.6) is 0 Å². The van der Waals surface area contributed by atoms with Crippen LogP contribution in [-0.4, -0.2) is 5.78 Å². The number of benzene rings is 2. The maximum atomic E-state index is 13.2. The Kier molecular flexibility index (Phi) is 5.52. The van der Waals surface area contributed by atoms with Crippen LogP contribution in [0.1, 0.15) is 46.1 Å². The molecule has 0 saturated carbocycles. The van der Waals surface area contributed by atoms with E-state index in [1.54, 1.807) is 12.1 Å². The number of ketones is 1. The van der Waals surface area contributed by atoms with Gasteiger partial charge in [-0.15, -0.1) is 0 Å². The maximum Gasteiger partial charge on any atom is 0.290 e. The number of thiophene rings is 1. The normalized spacial score (nSPS) is 11.1. The number of aromatic nitrogens is 1. The first-order valence-corrected chi connectivity index (χ1v) is 11.3. The van der Waals surface area contributed by atoms with Gasteiger partial charge >= 0.3 is 0 Å². The molecule has 154 valence electrons. The third-order valence-electron chi connectivity index (χ3n) is 5.25. The summed E-state index contributed by atoms with van der Waals surface area (Å²) in [5, 5.41) is 10.5. The number of hydrogen-bond donors (Lipinski definition) is 2. The number of nitrogens with one attached hydrogen (secondary N) is 1. The molecule has 5 N–H and O–H groups in total. The van der Waals surface area contributed by atoms with Crippen molar-refractivity contribution in [3.8, 4) is 17.2 Å². The molecule has 0 saturated heterocycles. The van der Waals surface area contributed by atoms with Gasteiger partial charge in [0.25, 0.3) is 5.82 Å². The van der Waals surface area contributed by atoms with Gasteiger partial charge in [-0.1, -0.05) is 65.4 Å². The summed E-state index contributed by atoms with van der Waals surface area (Å²) in [5.41, 5.74) is 16.6. The van der Waals surface area contributed by atoms with Gasteiger partial charge in [-0.3, -0.25) is 10.5 Å². The lowest BCUT2D eigenvalue weighted by Gasteiger charge is -2.10. The van der Waals surface area contributed by atoms with Gasteiger partial charge in [-0.2, -0.15) is 5.26 Å². The number of aromatic amines is 1. The Morgan fingerprint density at radius 1 is 1.10 bits per heavy atom. The van der Waals surface area contributed by atoms with Crippen LogP contribution in [0.4, 0.5) is 11.5 Å². The number of halogens is 1. The van der Waals surface area contributed by atoms with Crippen molar-refractivity contribution in [2.75, 3.05) is 11.5 Å². The van der Waals surface area contributed by atoms with Crippen molar-refractivity contribution in [2.24, 2.45) is 0 Å². The number of anilines is 2. The highest BCUT2D eigenvalue weighted by Gasteiger charge is 2.27. The first kappa shape index (κ1) is 21.0. The molecule has 4 aromatic rings. The Morgan fingerprint density at radius 2 is 1.74 bits per heavy atom. The quantitative estimate of drug-likeness (QED) is 0.365. The molecule has 2 aromatic heterocycles. The molecular weight excluding hydrogens is 472 g/mol. The van der Waals surface area contributed by atoms with E-state index in [4.69, 9.17) is 11.5 Å². The van der Waals surface area contributed by atoms with E-state index in [0.29, 0.717) is 43.4 Å². The van der Waals surface area contributed by atoms with Gasteiger partial charge in [0, 0.05) is 15.6 Å². The van der Waals surface area contributed by atoms with Crippen LogP contribution in [0, 0.1) is 11.3 Å². The SMILES string of the molecule is CC(C)c1ccc(-c2c(C#N)c(N)[nH+]c3sc(C(=O)c4ccc(Br)cc4)c(N)c23)cc1. The summed E-state index contributed by atoms with van der Waals surface area (Å²) in [4.78, 5) is 17.3. The second-order valence-electron chi connectivity index (χ2n) is 7.56. The van der Waals surface area contributed by atoms with Crippen LogP contribution < -0.4 is 16.5 Å². The van der Waals surface area contributed by atoms with Gasteiger partial charge in [0.05, 0.1) is 11.1 Å². The standard InChI is InChI=1S/C24H19BrN4OS/c1-12(2)13-3-5-14(6-4-13)18-17(11-26)23(28)29-24-19(18)20(27)22(31-24)21(30)15-7-9-16(25)10-8-15/h3-10,12H,27H2,1-2H3,(H2,28,29)/p+1. The van der Waals surface area contributed by atoms with Crippen molar-refractivity contribution < 1.29 is 9.78 Å². The second-order valence-corrected chi connectivity index (χ2v) is 9.50. The number of fused-ring (bicyclic) bond motifs is 1. The summed E-state index contributed by atoms with van der Waals surface area (Å²) >= 11 is 4.63. The largest absolute Gasteiger partial charge is 0.397 e. The van der Waals surface area contributed by atoms with Crippen LogP contribution in [0.25, 0.3) is 21.3 Å². The second kappa shape index (κ2) is 8.14. The Balaban J connectivity index is 1.96. The number of carbonyl (C=O) groups excluding carboxylic acids is 1. The van der Waals surface area contributed by atoms with Gasteiger partial charge < -0.3 is 5.73 Å². The lowest BCUT2D eigenvalue weighted by molar-refractivity contribution is -0.323. The summed E-state index contributed by atoms with van der Waals surface area (Å²) < 4.78 is 0.889. The fourth-order valence-corrected chi connectivity index (χ4v) is 4.93. The van der Waals surface area contributed by atoms with Gasteiger partial charge in [-0.05, 0) is 41.3 Å². The summed E-state index contributed by atoms with van der Waals surface area (Å²) in [6.45, 7) is 4.25. The number of carbonyl (C=O) groups is 1. The zero-order valence-electron chi connectivity index (χ0n) is 17.0. The number of hydrogen-bond acceptors (Lipinski definition) is 5. The minimum Gasteiger partial charge on any atom is -0.397 e. The number of nitrogens with two attached hydrogens (primary N) is 2. The third-order valence-corrected chi connectivity index (χ3v) is 6.90. The summed E-state index contributed by atoms with van der Waals surface area (Å²) in [5.74, 6) is 0.472. The Bertz CT molecular complexity index is 1350. The van der Waals surface area contributed by atoms with Crippen molar-refractivity contribution in [3.63, 3.8) is 0 Å². The third kappa shape index (κ3) is 3.69. The summed E-state index contributed by atoms with van der Waals surface area (Å²) in [6, 6.07) is 17.3. The smallest absolute Gasteiger partial charge is 0.290 e. The zero-order valence-corrected chi connectivity index (χ0v) is 19.4. The minimum atomic E-state index is -0.169. The molecule has 4 rings (SSSR count). The van der Waals surface area contributed by atoms with Gasteiger partial charge in [0.2, 0.25) is 5.78 Å². The number of rotatable bonds is 4. The molecule has 2 heterocycles. The Morgan fingerprint density at radius 3 is 2.32 bits per heavy atom. The highest BCUT2D eigenvalue weighted by Crippen LogP contribution is 2.42. The van der Waals surface area contributed by atoms with Crippen LogP contribution in [-0.2, 0) is 0 Å². The topological polar surface area (TPSA) is 107 Å². The van der Waals surface area contributed by atoms with Crippen LogP contribution >= 0.6 is 27.3 Å². The molecule has 0 unspecified atom stereocenters. The molecular formula is C24H20BrN4OS+. The molecule has 2 aromatic carbocycles. The molecule has 5 nitrogen and oxygen atoms in total. The first-order valence-electron chi connectivity index (χ1n) is 9.69. The first-order chi connectivity index (χ1) is 14.8. The van der Waals surface area contributed by atoms with E-state index in [1.807, 2.05) is 36.4 Å². The summed E-state index contributed by atoms with van der Waals surface area (Å²) in [6.07, 6.45) is 0. The van der Waals surface area contributed by atoms with E-state index in [2.05, 4.69) is 40.8 Å². The van der Waals surface area contributed by atoms with Crippen LogP contribution in [0.3, 0.4) is 0 Å². The van der Waals surface area contributed by atoms with Crippen LogP contribution in [0.15, 0.2) is 53.0 Å². The molecule has 0 amide bonds. The highest BCUT2D eigenvalue weighted by molar-refractivity contribution is 9.10. The molecule has 0 aliphatic rings. The number of nitrogens with zero attached hydrogens (tertiary/aromatic N) is 1. The van der Waals surface area contributed by atoms with Gasteiger partial charge in [0.15, 0.2) is 4.83 Å². The average molecular weight is 492 g/mol. The zero-order chi connectivity index (χ0) is 22.3. The fourth-order valence-electron chi connectivity index (χ4n) is 3.57. The fraction of sp³-hybridized carbons (Fsp3) is 0.125. The average Bonchev–Trinajstić information content (AvgIpc) is 3.08. The van der Waals surface area contributed by atoms with Gasteiger partial charge in [0.1, 0.15) is 16.5 Å². The molecule has 0 aliphatic heterocycles. The molecule has 0 fully saturated rings. The minimum absolute atomic E-state index is 0.169. The monoisotopic (exact) mass is 491 g/mol. The molecule has 0 atom stereocenters. The van der Waals surface area contributed by atoms with E-state index in [-0.39, 0.29) is 11.6 Å². The van der Waals surface area contributed by atoms with Crippen molar-refractivity contribution in [1.82, 2.24) is 0 Å². The number of nitriles is 1. The summed E-state index contributed by atoms with van der Waals surface area (Å²) in [7, 11) is 0. The Hall–Kier alpha value is -3.21. The number of pyridine rings is 1. The predicted molar refractivity (Wildman–Crippen MR) is 129 cm³/mol. The van der Waals surface area contributed by atoms with Crippen molar-refractivity contribution >= 4 is 54.8 Å². The van der Waals surface area contributed by atoms with E-state index >= 15 is 0 Å². The lowest BCUT2D eigenvalue weighted by atomic mass is 9.94. The molecule has 7 heteroatoms. The Labute approximate surface area is 192 Å². The van der Waals surface area contributed by atoms with Gasteiger partial charge in [-0.25, -0.2) is 4.98 Å². The molecule has 0 aliphatic carbocycles. The molecule has 31 heavy (non-hydrogen) atoms. The van der Waals surface area contributed by atoms with E-state index in [9.17, 15) is 10.1 Å². The predicted octanol–water partition coefficient (Wildman–Crippen LogP) is 5.54. The van der Waals surface area contributed by atoms with Crippen molar-refractivity contribution in [1.29, 1.82) is 5.26 Å². The maximum absolute atomic E-state index is 13.2. The molecule has 0 bridgehead atoms. The van der Waals surface area contributed by atoms with E-state index < -0.39 is 0 Å². The highest BCUT2D eigenvalue weighted by atomic mass is 79.9. The molecule has 0 spiro atoms. The lowest BCUT2D eigenvalue weighted by Crippen LogP contribution is -2.13. The van der Waals surface area contributed by atoms with Crippen LogP contribution in [0.2, 0.25) is 0 Å². The van der Waals surface area contributed by atoms with E-state index in [0.717, 1.165) is 10.0 Å². The van der Waals surface area contributed by atoms with Crippen molar-refractivity contribution in [3.05, 3.63) is 74.6 Å². The number of H-pyrrole nitrogens is 1. The molecule has 0 radical (unpaired) electrons. The van der Waals surface area contributed by atoms with Crippen molar-refractivity contribution in [2.45, 2.75) is 19.8 Å². The van der Waals surface area contributed by atoms with E-state index in [1.165, 1.54) is 16.9 Å².